The zero-order valence-electron chi connectivity index (χ0n) is 11.9. The van der Waals surface area contributed by atoms with Crippen LogP contribution in [0.3, 0.4) is 0 Å². The van der Waals surface area contributed by atoms with Crippen LogP contribution in [0.25, 0.3) is 0 Å². The predicted octanol–water partition coefficient (Wildman–Crippen LogP) is 1.56. The van der Waals surface area contributed by atoms with Crippen molar-refractivity contribution < 1.29 is 4.79 Å². The first-order valence-corrected chi connectivity index (χ1v) is 7.18. The Kier molecular flexibility index (Phi) is 4.64. The number of nitrogen functional groups attached to an aromatic ring is 2. The summed E-state index contributed by atoms with van der Waals surface area (Å²) >= 11 is 1.23. The van der Waals surface area contributed by atoms with Crippen molar-refractivity contribution in [3.05, 3.63) is 42.0 Å². The fourth-order valence-corrected chi connectivity index (χ4v) is 2.88. The average molecular weight is 303 g/mol. The van der Waals surface area contributed by atoms with Crippen molar-refractivity contribution in [2.24, 2.45) is 0 Å². The van der Waals surface area contributed by atoms with Gasteiger partial charge in [0.25, 0.3) is 0 Å². The Labute approximate surface area is 127 Å². The summed E-state index contributed by atoms with van der Waals surface area (Å²) in [7, 11) is 3.43. The Balaban J connectivity index is 2.34. The number of hydrogen-bond acceptors (Lipinski definition) is 6. The highest BCUT2D eigenvalue weighted by Crippen LogP contribution is 2.35. The summed E-state index contributed by atoms with van der Waals surface area (Å²) in [5.74, 6) is 0.527. The van der Waals surface area contributed by atoms with E-state index in [0.717, 1.165) is 5.56 Å². The number of rotatable bonds is 4. The molecule has 0 aliphatic rings. The van der Waals surface area contributed by atoms with Gasteiger partial charge in [-0.3, -0.25) is 4.79 Å². The van der Waals surface area contributed by atoms with Crippen LogP contribution in [0.5, 0.6) is 0 Å². The van der Waals surface area contributed by atoms with Crippen molar-refractivity contribution in [1.82, 2.24) is 14.9 Å². The van der Waals surface area contributed by atoms with Gasteiger partial charge in [0.2, 0.25) is 5.91 Å². The molecule has 0 saturated carbocycles. The monoisotopic (exact) mass is 303 g/mol. The molecule has 1 atom stereocenters. The van der Waals surface area contributed by atoms with Gasteiger partial charge in [0.1, 0.15) is 16.9 Å². The molecule has 0 fully saturated rings. The van der Waals surface area contributed by atoms with Gasteiger partial charge in [0.15, 0.2) is 5.16 Å². The van der Waals surface area contributed by atoms with Gasteiger partial charge in [-0.25, -0.2) is 9.97 Å². The number of likely N-dealkylation sites (N-methyl/N-ethyl adjacent to an activating group) is 1. The Morgan fingerprint density at radius 3 is 2.24 bits per heavy atom. The number of nitrogens with two attached hydrogens (primary N) is 2. The van der Waals surface area contributed by atoms with Gasteiger partial charge in [-0.2, -0.15) is 0 Å². The van der Waals surface area contributed by atoms with Gasteiger partial charge in [-0.15, -0.1) is 0 Å². The van der Waals surface area contributed by atoms with E-state index in [2.05, 4.69) is 9.97 Å². The lowest BCUT2D eigenvalue weighted by molar-refractivity contribution is -0.128. The quantitative estimate of drug-likeness (QED) is 0.657. The second-order valence-electron chi connectivity index (χ2n) is 4.64. The van der Waals surface area contributed by atoms with Gasteiger partial charge in [-0.1, -0.05) is 42.1 Å². The number of benzene rings is 1. The van der Waals surface area contributed by atoms with Crippen molar-refractivity contribution in [2.75, 3.05) is 25.6 Å². The van der Waals surface area contributed by atoms with Crippen molar-refractivity contribution in [3.8, 4) is 0 Å². The number of aromatic nitrogens is 2. The maximum absolute atomic E-state index is 12.4. The lowest BCUT2D eigenvalue weighted by atomic mass is 10.1. The molecule has 1 aromatic heterocycles. The van der Waals surface area contributed by atoms with E-state index in [9.17, 15) is 4.79 Å². The van der Waals surface area contributed by atoms with Gasteiger partial charge in [0, 0.05) is 20.2 Å². The molecule has 1 unspecified atom stereocenters. The molecule has 21 heavy (non-hydrogen) atoms. The smallest absolute Gasteiger partial charge is 0.240 e. The van der Waals surface area contributed by atoms with Crippen LogP contribution in [-0.2, 0) is 4.79 Å². The van der Waals surface area contributed by atoms with Crippen LogP contribution in [0.2, 0.25) is 0 Å². The summed E-state index contributed by atoms with van der Waals surface area (Å²) in [5, 5.41) is -0.0565. The van der Waals surface area contributed by atoms with Crippen LogP contribution in [0.15, 0.2) is 41.6 Å². The van der Waals surface area contributed by atoms with Gasteiger partial charge in [0.05, 0.1) is 0 Å². The summed E-state index contributed by atoms with van der Waals surface area (Å²) in [6, 6.07) is 11.0. The maximum Gasteiger partial charge on any atom is 0.240 e. The standard InChI is InChI=1S/C14H17N5OS/c1-19(2)13(20)12(9-6-4-3-5-7-9)21-14-17-10(15)8-11(16)18-14/h3-8,12H,1-2H3,(H4,15,16,17,18). The molecule has 0 bridgehead atoms. The molecule has 4 N–H and O–H groups in total. The van der Waals surface area contributed by atoms with Gasteiger partial charge >= 0.3 is 0 Å². The number of hydrogen-bond donors (Lipinski definition) is 2. The molecule has 2 rings (SSSR count). The number of amides is 1. The fraction of sp³-hybridized carbons (Fsp3) is 0.214. The number of carbonyl (C=O) groups is 1. The number of thioether (sulfide) groups is 1. The highest BCUT2D eigenvalue weighted by molar-refractivity contribution is 8.00. The molecular formula is C14H17N5OS. The minimum atomic E-state index is -0.442. The van der Waals surface area contributed by atoms with Gasteiger partial charge in [-0.05, 0) is 5.56 Å². The molecule has 2 aromatic rings. The molecule has 6 nitrogen and oxygen atoms in total. The van der Waals surface area contributed by atoms with Crippen LogP contribution in [-0.4, -0.2) is 34.9 Å². The minimum Gasteiger partial charge on any atom is -0.383 e. The van der Waals surface area contributed by atoms with Crippen molar-refractivity contribution in [3.63, 3.8) is 0 Å². The van der Waals surface area contributed by atoms with Crippen molar-refractivity contribution >= 4 is 29.3 Å². The van der Waals surface area contributed by atoms with Crippen molar-refractivity contribution in [1.29, 1.82) is 0 Å². The first-order valence-electron chi connectivity index (χ1n) is 6.30. The average Bonchev–Trinajstić information content (AvgIpc) is 2.44. The van der Waals surface area contributed by atoms with E-state index in [1.807, 2.05) is 30.3 Å². The normalized spacial score (nSPS) is 11.9. The largest absolute Gasteiger partial charge is 0.383 e. The Morgan fingerprint density at radius 1 is 1.14 bits per heavy atom. The van der Waals surface area contributed by atoms with E-state index in [1.165, 1.54) is 17.8 Å². The van der Waals surface area contributed by atoms with E-state index in [1.54, 1.807) is 19.0 Å². The second-order valence-corrected chi connectivity index (χ2v) is 5.71. The van der Waals surface area contributed by atoms with Crippen LogP contribution in [0, 0.1) is 0 Å². The SMILES string of the molecule is CN(C)C(=O)C(Sc1nc(N)cc(N)n1)c1ccccc1. The zero-order valence-corrected chi connectivity index (χ0v) is 12.7. The Hall–Kier alpha value is -2.28. The first-order chi connectivity index (χ1) is 9.97. The van der Waals surface area contributed by atoms with E-state index in [4.69, 9.17) is 11.5 Å². The number of nitrogens with zero attached hydrogens (tertiary/aromatic N) is 3. The molecule has 7 heteroatoms. The molecular weight excluding hydrogens is 286 g/mol. The van der Waals surface area contributed by atoms with Crippen LogP contribution in [0.1, 0.15) is 10.8 Å². The lowest BCUT2D eigenvalue weighted by Gasteiger charge is -2.20. The number of carbonyl (C=O) groups excluding carboxylic acids is 1. The maximum atomic E-state index is 12.4. The lowest BCUT2D eigenvalue weighted by Crippen LogP contribution is -2.26. The summed E-state index contributed by atoms with van der Waals surface area (Å²) < 4.78 is 0. The van der Waals surface area contributed by atoms with Crippen LogP contribution < -0.4 is 11.5 Å². The second kappa shape index (κ2) is 6.45. The van der Waals surface area contributed by atoms with E-state index in [0.29, 0.717) is 5.16 Å². The molecule has 0 spiro atoms. The Bertz CT molecular complexity index is 612. The molecule has 110 valence electrons. The van der Waals surface area contributed by atoms with E-state index < -0.39 is 5.25 Å². The molecule has 0 aliphatic carbocycles. The first kappa shape index (κ1) is 15.1. The van der Waals surface area contributed by atoms with Crippen molar-refractivity contribution in [2.45, 2.75) is 10.4 Å². The third kappa shape index (κ3) is 3.85. The highest BCUT2D eigenvalue weighted by atomic mass is 32.2. The van der Waals surface area contributed by atoms with E-state index in [-0.39, 0.29) is 17.5 Å². The predicted molar refractivity (Wildman–Crippen MR) is 84.6 cm³/mol. The molecule has 0 saturated heterocycles. The molecule has 1 aromatic carbocycles. The summed E-state index contributed by atoms with van der Waals surface area (Å²) in [4.78, 5) is 22.2. The highest BCUT2D eigenvalue weighted by Gasteiger charge is 2.24. The molecule has 0 aliphatic heterocycles. The topological polar surface area (TPSA) is 98.1 Å². The summed E-state index contributed by atoms with van der Waals surface area (Å²) in [6.45, 7) is 0. The van der Waals surface area contributed by atoms with Gasteiger partial charge < -0.3 is 16.4 Å². The molecule has 1 amide bonds. The minimum absolute atomic E-state index is 0.0456. The Morgan fingerprint density at radius 2 is 1.71 bits per heavy atom. The van der Waals surface area contributed by atoms with E-state index >= 15 is 0 Å². The number of anilines is 2. The third-order valence-electron chi connectivity index (χ3n) is 2.74. The zero-order chi connectivity index (χ0) is 15.4. The van der Waals surface area contributed by atoms with Crippen LogP contribution >= 0.6 is 11.8 Å². The summed E-state index contributed by atoms with van der Waals surface area (Å²) in [6.07, 6.45) is 0. The third-order valence-corrected chi connectivity index (χ3v) is 3.84. The molecule has 1 heterocycles. The van der Waals surface area contributed by atoms with Crippen LogP contribution in [0.4, 0.5) is 11.6 Å². The molecule has 0 radical (unpaired) electrons. The fourth-order valence-electron chi connectivity index (χ4n) is 1.74. The summed E-state index contributed by atoms with van der Waals surface area (Å²) in [5.41, 5.74) is 12.2.